The fourth-order valence-electron chi connectivity index (χ4n) is 3.85. The summed E-state index contributed by atoms with van der Waals surface area (Å²) in [5.41, 5.74) is 0.839. The number of amides is 1. The Morgan fingerprint density at radius 1 is 1.50 bits per heavy atom. The number of carbonyl (C=O) groups excluding carboxylic acids is 1. The van der Waals surface area contributed by atoms with Crippen LogP contribution in [-0.2, 0) is 9.47 Å². The van der Waals surface area contributed by atoms with Crippen LogP contribution in [0, 0.1) is 17.3 Å². The third-order valence-electron chi connectivity index (χ3n) is 5.54. The maximum absolute atomic E-state index is 12.6. The number of likely N-dealkylation sites (tertiary alicyclic amines) is 1. The van der Waals surface area contributed by atoms with Gasteiger partial charge in [0.15, 0.2) is 0 Å². The number of fused-ring (bicyclic) bond motifs is 1. The Hall–Kier alpha value is -0.910. The first-order valence-corrected chi connectivity index (χ1v) is 9.18. The van der Waals surface area contributed by atoms with E-state index < -0.39 is 0 Å². The minimum atomic E-state index is 0.0232. The van der Waals surface area contributed by atoms with Gasteiger partial charge in [0, 0.05) is 36.4 Å². The second-order valence-electron chi connectivity index (χ2n) is 7.08. The van der Waals surface area contributed by atoms with Crippen molar-refractivity contribution in [2.24, 2.45) is 17.3 Å². The largest absolute Gasteiger partial charge is 0.380 e. The highest BCUT2D eigenvalue weighted by atomic mass is 32.1. The lowest BCUT2D eigenvalue weighted by atomic mass is 9.81. The Labute approximate surface area is 135 Å². The molecule has 0 aromatic carbocycles. The molecule has 4 rings (SSSR count). The molecular formula is C17H23NO3S. The lowest BCUT2D eigenvalue weighted by molar-refractivity contribution is -0.0000916. The van der Waals surface area contributed by atoms with E-state index in [0.717, 1.165) is 51.0 Å². The van der Waals surface area contributed by atoms with Crippen LogP contribution >= 0.6 is 11.3 Å². The van der Waals surface area contributed by atoms with E-state index in [1.165, 1.54) is 19.3 Å². The highest BCUT2D eigenvalue weighted by molar-refractivity contribution is 7.08. The van der Waals surface area contributed by atoms with Crippen molar-refractivity contribution in [2.75, 3.05) is 39.5 Å². The van der Waals surface area contributed by atoms with Crippen LogP contribution in [0.4, 0.5) is 0 Å². The van der Waals surface area contributed by atoms with Crippen molar-refractivity contribution in [3.05, 3.63) is 22.4 Å². The molecule has 0 spiro atoms. The van der Waals surface area contributed by atoms with Gasteiger partial charge in [0.2, 0.25) is 0 Å². The molecule has 0 radical (unpaired) electrons. The molecule has 0 N–H and O–H groups in total. The molecular weight excluding hydrogens is 298 g/mol. The van der Waals surface area contributed by atoms with Crippen molar-refractivity contribution in [2.45, 2.75) is 19.3 Å². The number of nitrogens with zero attached hydrogens (tertiary/aromatic N) is 1. The van der Waals surface area contributed by atoms with E-state index in [4.69, 9.17) is 9.47 Å². The molecule has 1 aromatic heterocycles. The number of rotatable bonds is 5. The number of hydrogen-bond acceptors (Lipinski definition) is 4. The summed E-state index contributed by atoms with van der Waals surface area (Å²) >= 11 is 1.58. The van der Waals surface area contributed by atoms with E-state index in [2.05, 4.69) is 0 Å². The summed E-state index contributed by atoms with van der Waals surface area (Å²) < 4.78 is 11.7. The smallest absolute Gasteiger partial charge is 0.254 e. The summed E-state index contributed by atoms with van der Waals surface area (Å²) in [5, 5.41) is 3.90. The summed E-state index contributed by atoms with van der Waals surface area (Å²) in [6.45, 7) is 4.70. The van der Waals surface area contributed by atoms with E-state index in [1.807, 2.05) is 21.7 Å². The molecule has 3 heterocycles. The molecule has 22 heavy (non-hydrogen) atoms. The highest BCUT2D eigenvalue weighted by Gasteiger charge is 2.52. The molecule has 4 nitrogen and oxygen atoms in total. The summed E-state index contributed by atoms with van der Waals surface area (Å²) in [4.78, 5) is 14.6. The van der Waals surface area contributed by atoms with Gasteiger partial charge in [0.25, 0.3) is 5.91 Å². The fraction of sp³-hybridized carbons (Fsp3) is 0.706. The summed E-state index contributed by atoms with van der Waals surface area (Å²) in [7, 11) is 0. The van der Waals surface area contributed by atoms with Crippen LogP contribution < -0.4 is 0 Å². The van der Waals surface area contributed by atoms with Gasteiger partial charge in [-0.25, -0.2) is 0 Å². The summed E-state index contributed by atoms with van der Waals surface area (Å²) in [5.74, 6) is 1.35. The second kappa shape index (κ2) is 5.95. The molecule has 1 aromatic rings. The molecule has 3 aliphatic rings. The third-order valence-corrected chi connectivity index (χ3v) is 6.23. The van der Waals surface area contributed by atoms with Gasteiger partial charge >= 0.3 is 0 Å². The lowest BCUT2D eigenvalue weighted by Crippen LogP contribution is -2.38. The van der Waals surface area contributed by atoms with E-state index in [0.29, 0.717) is 5.92 Å². The van der Waals surface area contributed by atoms with Gasteiger partial charge in [-0.3, -0.25) is 4.79 Å². The number of ether oxygens (including phenoxy) is 2. The molecule has 1 amide bonds. The summed E-state index contributed by atoms with van der Waals surface area (Å²) in [6, 6.07) is 1.91. The van der Waals surface area contributed by atoms with Gasteiger partial charge in [-0.15, -0.1) is 0 Å². The van der Waals surface area contributed by atoms with Gasteiger partial charge < -0.3 is 14.4 Å². The standard InChI is InChI=1S/C17H23NO3S/c19-16(14-4-5-22-9-14)18-6-15-8-21-12-17(15,10-18)11-20-7-13-2-1-3-13/h4-5,9,13,15H,1-3,6-8,10-12H2/t15-,17-/m1/s1. The van der Waals surface area contributed by atoms with Crippen molar-refractivity contribution in [1.82, 2.24) is 4.90 Å². The average molecular weight is 321 g/mol. The van der Waals surface area contributed by atoms with Crippen molar-refractivity contribution in [3.8, 4) is 0 Å². The van der Waals surface area contributed by atoms with Crippen molar-refractivity contribution in [3.63, 3.8) is 0 Å². The molecule has 0 unspecified atom stereocenters. The Bertz CT molecular complexity index is 528. The van der Waals surface area contributed by atoms with Gasteiger partial charge in [0.05, 0.1) is 25.4 Å². The van der Waals surface area contributed by atoms with Crippen LogP contribution in [0.15, 0.2) is 16.8 Å². The van der Waals surface area contributed by atoms with E-state index in [9.17, 15) is 4.79 Å². The Morgan fingerprint density at radius 2 is 2.41 bits per heavy atom. The van der Waals surface area contributed by atoms with Crippen LogP contribution in [-0.4, -0.2) is 50.3 Å². The van der Waals surface area contributed by atoms with Gasteiger partial charge in [-0.1, -0.05) is 6.42 Å². The maximum atomic E-state index is 12.6. The molecule has 2 saturated heterocycles. The molecule has 1 aliphatic carbocycles. The van der Waals surface area contributed by atoms with Crippen molar-refractivity contribution in [1.29, 1.82) is 0 Å². The predicted molar refractivity (Wildman–Crippen MR) is 85.1 cm³/mol. The van der Waals surface area contributed by atoms with Crippen LogP contribution in [0.25, 0.3) is 0 Å². The van der Waals surface area contributed by atoms with Gasteiger partial charge in [-0.05, 0) is 30.2 Å². The Balaban J connectivity index is 1.39. The van der Waals surface area contributed by atoms with E-state index in [-0.39, 0.29) is 11.3 Å². The van der Waals surface area contributed by atoms with Gasteiger partial charge in [0.1, 0.15) is 0 Å². The Kier molecular flexibility index (Phi) is 3.96. The topological polar surface area (TPSA) is 38.8 Å². The number of hydrogen-bond donors (Lipinski definition) is 0. The van der Waals surface area contributed by atoms with E-state index in [1.54, 1.807) is 11.3 Å². The van der Waals surface area contributed by atoms with Crippen LogP contribution in [0.3, 0.4) is 0 Å². The monoisotopic (exact) mass is 321 g/mol. The molecule has 2 atom stereocenters. The lowest BCUT2D eigenvalue weighted by Gasteiger charge is -2.30. The van der Waals surface area contributed by atoms with Crippen molar-refractivity contribution >= 4 is 17.2 Å². The quantitative estimate of drug-likeness (QED) is 0.837. The number of carbonyl (C=O) groups is 1. The summed E-state index contributed by atoms with van der Waals surface area (Å²) in [6.07, 6.45) is 3.99. The molecule has 0 bridgehead atoms. The zero-order chi connectivity index (χ0) is 15.0. The maximum Gasteiger partial charge on any atom is 0.254 e. The number of thiophene rings is 1. The van der Waals surface area contributed by atoms with Crippen LogP contribution in [0.5, 0.6) is 0 Å². The first-order valence-electron chi connectivity index (χ1n) is 8.24. The predicted octanol–water partition coefficient (Wildman–Crippen LogP) is 2.65. The Morgan fingerprint density at radius 3 is 3.14 bits per heavy atom. The zero-order valence-corrected chi connectivity index (χ0v) is 13.6. The molecule has 2 aliphatic heterocycles. The van der Waals surface area contributed by atoms with Crippen LogP contribution in [0.1, 0.15) is 29.6 Å². The SMILES string of the molecule is O=C(c1ccsc1)N1C[C@@H]2COC[C@]2(COCC2CCC2)C1. The minimum absolute atomic E-state index is 0.0232. The zero-order valence-electron chi connectivity index (χ0n) is 12.8. The normalized spacial score (nSPS) is 31.3. The second-order valence-corrected chi connectivity index (χ2v) is 7.86. The first kappa shape index (κ1) is 14.7. The molecule has 120 valence electrons. The minimum Gasteiger partial charge on any atom is -0.380 e. The molecule has 5 heteroatoms. The molecule has 1 saturated carbocycles. The average Bonchev–Trinajstić information content (AvgIpc) is 3.15. The van der Waals surface area contributed by atoms with Crippen LogP contribution in [0.2, 0.25) is 0 Å². The van der Waals surface area contributed by atoms with Gasteiger partial charge in [-0.2, -0.15) is 11.3 Å². The third kappa shape index (κ3) is 2.59. The highest BCUT2D eigenvalue weighted by Crippen LogP contribution is 2.42. The van der Waals surface area contributed by atoms with E-state index >= 15 is 0 Å². The molecule has 3 fully saturated rings. The first-order chi connectivity index (χ1) is 10.8. The van der Waals surface area contributed by atoms with Crippen molar-refractivity contribution < 1.29 is 14.3 Å². The fourth-order valence-corrected chi connectivity index (χ4v) is 4.48.